The van der Waals surface area contributed by atoms with Gasteiger partial charge in [-0.15, -0.1) is 0 Å². The molecule has 5 rings (SSSR count). The van der Waals surface area contributed by atoms with E-state index in [-0.39, 0.29) is 45.0 Å². The number of aliphatic hydroxyl groups is 1. The molecule has 0 aromatic carbocycles. The van der Waals surface area contributed by atoms with Gasteiger partial charge in [0, 0.05) is 5.41 Å². The molecular formula is C34H53NO6. The molecule has 230 valence electrons. The van der Waals surface area contributed by atoms with Crippen LogP contribution in [0.25, 0.3) is 0 Å². The van der Waals surface area contributed by atoms with E-state index in [1.165, 1.54) is 5.57 Å². The number of allylic oxidation sites excluding steroid dienone is 2. The number of aliphatic carboxylic acids is 1. The highest BCUT2D eigenvalue weighted by Gasteiger charge is 2.69. The second-order valence-electron chi connectivity index (χ2n) is 16.6. The van der Waals surface area contributed by atoms with Gasteiger partial charge in [0.25, 0.3) is 0 Å². The van der Waals surface area contributed by atoms with Crippen LogP contribution >= 0.6 is 0 Å². The second kappa shape index (κ2) is 9.56. The number of nitrogens with two attached hydrogens (primary N) is 1. The van der Waals surface area contributed by atoms with E-state index >= 15 is 0 Å². The van der Waals surface area contributed by atoms with Crippen molar-refractivity contribution in [2.24, 2.45) is 56.0 Å². The van der Waals surface area contributed by atoms with Crippen LogP contribution in [0.3, 0.4) is 0 Å². The van der Waals surface area contributed by atoms with Gasteiger partial charge in [-0.3, -0.25) is 9.59 Å². The lowest BCUT2D eigenvalue weighted by Crippen LogP contribution is -2.65. The summed E-state index contributed by atoms with van der Waals surface area (Å²) in [5, 5.41) is 18.7. The maximum absolute atomic E-state index is 13.1. The summed E-state index contributed by atoms with van der Waals surface area (Å²) in [5.41, 5.74) is 7.41. The number of ether oxygens (including phenoxy) is 1. The largest absolute Gasteiger partial charge is 0.479 e. The van der Waals surface area contributed by atoms with Gasteiger partial charge in [-0.05, 0) is 104 Å². The number of primary amides is 1. The minimum Gasteiger partial charge on any atom is -0.479 e. The predicted octanol–water partition coefficient (Wildman–Crippen LogP) is 6.02. The third-order valence-corrected chi connectivity index (χ3v) is 14.0. The average Bonchev–Trinajstić information content (AvgIpc) is 2.85. The molecule has 0 aliphatic heterocycles. The Labute approximate surface area is 246 Å². The van der Waals surface area contributed by atoms with Crippen molar-refractivity contribution in [2.75, 3.05) is 0 Å². The fourth-order valence-electron chi connectivity index (χ4n) is 11.3. The first-order chi connectivity index (χ1) is 18.8. The molecule has 0 radical (unpaired) electrons. The van der Waals surface area contributed by atoms with Crippen LogP contribution in [0, 0.1) is 50.2 Å². The summed E-state index contributed by atoms with van der Waals surface area (Å²) in [5.74, 6) is -1.10. The maximum Gasteiger partial charge on any atom is 0.333 e. The van der Waals surface area contributed by atoms with Crippen molar-refractivity contribution >= 4 is 17.8 Å². The van der Waals surface area contributed by atoms with Gasteiger partial charge < -0.3 is 20.7 Å². The van der Waals surface area contributed by atoms with Gasteiger partial charge in [-0.2, -0.15) is 0 Å². The Morgan fingerprint density at radius 3 is 2.24 bits per heavy atom. The van der Waals surface area contributed by atoms with E-state index in [4.69, 9.17) is 15.6 Å². The lowest BCUT2D eigenvalue weighted by molar-refractivity contribution is -0.213. The van der Waals surface area contributed by atoms with Gasteiger partial charge in [0.05, 0.1) is 11.8 Å². The SMILES string of the molecule is CC1(C)CCC2(C(N)=O)CC[C@]3(C)C(=CC[C@@H]4[C@@]5(C)CC[C@H](OC(=O)C[C@H](O)C(=O)O)C(C)(C)[C@@H]5CC[C@]43C)[C@@H]2C1. The van der Waals surface area contributed by atoms with Crippen LogP contribution in [0.1, 0.15) is 119 Å². The molecule has 0 spiro atoms. The Kier molecular flexibility index (Phi) is 7.12. The van der Waals surface area contributed by atoms with Crippen LogP contribution in [0.15, 0.2) is 11.6 Å². The number of hydrogen-bond donors (Lipinski definition) is 3. The van der Waals surface area contributed by atoms with E-state index in [0.29, 0.717) is 11.8 Å². The van der Waals surface area contributed by atoms with Crippen molar-refractivity contribution in [2.45, 2.75) is 131 Å². The monoisotopic (exact) mass is 571 g/mol. The van der Waals surface area contributed by atoms with Gasteiger partial charge in [0.2, 0.25) is 5.91 Å². The first-order valence-corrected chi connectivity index (χ1v) is 15.9. The molecule has 4 N–H and O–H groups in total. The van der Waals surface area contributed by atoms with Gasteiger partial charge >= 0.3 is 11.9 Å². The quantitative estimate of drug-likeness (QED) is 0.274. The number of esters is 1. The van der Waals surface area contributed by atoms with Crippen LogP contribution in [-0.2, 0) is 19.1 Å². The summed E-state index contributed by atoms with van der Waals surface area (Å²) in [7, 11) is 0. The molecule has 0 saturated heterocycles. The van der Waals surface area contributed by atoms with Crippen molar-refractivity contribution in [3.8, 4) is 0 Å². The molecule has 7 heteroatoms. The Hall–Kier alpha value is -1.89. The summed E-state index contributed by atoms with van der Waals surface area (Å²) >= 11 is 0. The van der Waals surface area contributed by atoms with E-state index in [0.717, 1.165) is 64.2 Å². The van der Waals surface area contributed by atoms with Crippen LogP contribution in [0.5, 0.6) is 0 Å². The number of carbonyl (C=O) groups is 3. The van der Waals surface area contributed by atoms with E-state index in [1.54, 1.807) is 0 Å². The van der Waals surface area contributed by atoms with E-state index in [2.05, 4.69) is 54.5 Å². The summed E-state index contributed by atoms with van der Waals surface area (Å²) in [4.78, 5) is 36.7. The summed E-state index contributed by atoms with van der Waals surface area (Å²) < 4.78 is 5.88. The smallest absolute Gasteiger partial charge is 0.333 e. The molecule has 1 amide bonds. The van der Waals surface area contributed by atoms with Crippen molar-refractivity contribution in [3.63, 3.8) is 0 Å². The Bertz CT molecular complexity index is 1160. The number of rotatable bonds is 5. The Morgan fingerprint density at radius 2 is 1.61 bits per heavy atom. The third kappa shape index (κ3) is 4.33. The molecule has 41 heavy (non-hydrogen) atoms. The molecule has 0 bridgehead atoms. The summed E-state index contributed by atoms with van der Waals surface area (Å²) in [6.07, 6.45) is 9.63. The van der Waals surface area contributed by atoms with Crippen molar-refractivity contribution in [1.82, 2.24) is 0 Å². The van der Waals surface area contributed by atoms with Crippen molar-refractivity contribution < 1.29 is 29.3 Å². The summed E-state index contributed by atoms with van der Waals surface area (Å²) in [6.45, 7) is 16.6. The zero-order valence-corrected chi connectivity index (χ0v) is 26.3. The Balaban J connectivity index is 1.45. The highest BCUT2D eigenvalue weighted by Crippen LogP contribution is 2.75. The topological polar surface area (TPSA) is 127 Å². The second-order valence-corrected chi connectivity index (χ2v) is 16.6. The van der Waals surface area contributed by atoms with E-state index in [1.807, 2.05) is 0 Å². The molecule has 5 aliphatic carbocycles. The van der Waals surface area contributed by atoms with Crippen LogP contribution in [0.4, 0.5) is 0 Å². The Morgan fingerprint density at radius 1 is 0.951 bits per heavy atom. The number of hydrogen-bond acceptors (Lipinski definition) is 5. The van der Waals surface area contributed by atoms with Gasteiger partial charge in [-0.1, -0.05) is 60.1 Å². The highest BCUT2D eigenvalue weighted by molar-refractivity contribution is 5.82. The number of carbonyl (C=O) groups excluding carboxylic acids is 2. The number of carboxylic acids is 1. The predicted molar refractivity (Wildman–Crippen MR) is 156 cm³/mol. The molecule has 9 atom stereocenters. The molecule has 0 heterocycles. The van der Waals surface area contributed by atoms with Gasteiger partial charge in [0.1, 0.15) is 6.10 Å². The minimum absolute atomic E-state index is 0.0152. The zero-order valence-electron chi connectivity index (χ0n) is 26.3. The number of carboxylic acid groups (broad SMARTS) is 1. The van der Waals surface area contributed by atoms with Gasteiger partial charge in [0.15, 0.2) is 6.10 Å². The fraction of sp³-hybridized carbons (Fsp3) is 0.853. The standard InChI is InChI=1S/C34H53NO6/c1-29(2)14-16-34(28(35)40)17-15-32(6)20(21(34)19-29)8-9-24-31(5)12-11-25(41-26(37)18-22(36)27(38)39)30(3,4)23(31)10-13-33(24,32)7/h8,21-25,36H,9-19H2,1-7H3,(H2,35,40)(H,38,39)/t21-,22-,23-,24+,25-,31-,32+,33+,34?/m0/s1. The van der Waals surface area contributed by atoms with E-state index in [9.17, 15) is 19.5 Å². The molecule has 4 saturated carbocycles. The average molecular weight is 572 g/mol. The van der Waals surface area contributed by atoms with Crippen LogP contribution < -0.4 is 5.73 Å². The third-order valence-electron chi connectivity index (χ3n) is 14.0. The number of fused-ring (bicyclic) bond motifs is 7. The molecule has 0 aromatic heterocycles. The number of aliphatic hydroxyl groups excluding tert-OH is 1. The first-order valence-electron chi connectivity index (χ1n) is 15.9. The molecule has 5 aliphatic rings. The molecular weight excluding hydrogens is 518 g/mol. The molecule has 7 nitrogen and oxygen atoms in total. The van der Waals surface area contributed by atoms with Crippen LogP contribution in [-0.4, -0.2) is 40.3 Å². The zero-order chi connectivity index (χ0) is 30.4. The molecule has 0 aromatic rings. The molecule has 1 unspecified atom stereocenters. The lowest BCUT2D eigenvalue weighted by Gasteiger charge is -2.71. The normalized spacial score (nSPS) is 45.0. The maximum atomic E-state index is 13.1. The highest BCUT2D eigenvalue weighted by atomic mass is 16.5. The lowest BCUT2D eigenvalue weighted by atomic mass is 9.33. The first kappa shape index (κ1) is 30.6. The van der Waals surface area contributed by atoms with E-state index < -0.39 is 29.9 Å². The van der Waals surface area contributed by atoms with Crippen LogP contribution in [0.2, 0.25) is 0 Å². The number of amides is 1. The summed E-state index contributed by atoms with van der Waals surface area (Å²) in [6, 6.07) is 0. The van der Waals surface area contributed by atoms with Crippen molar-refractivity contribution in [3.05, 3.63) is 11.6 Å². The molecule has 4 fully saturated rings. The van der Waals surface area contributed by atoms with Gasteiger partial charge in [-0.25, -0.2) is 4.79 Å². The fourth-order valence-corrected chi connectivity index (χ4v) is 11.3. The van der Waals surface area contributed by atoms with Crippen molar-refractivity contribution in [1.29, 1.82) is 0 Å². The minimum atomic E-state index is -1.74.